The number of hydrogen-bond acceptors (Lipinski definition) is 3. The summed E-state index contributed by atoms with van der Waals surface area (Å²) in [6, 6.07) is 0.271. The van der Waals surface area contributed by atoms with Gasteiger partial charge in [-0.25, -0.2) is 0 Å². The van der Waals surface area contributed by atoms with Crippen molar-refractivity contribution in [2.24, 2.45) is 11.8 Å². The van der Waals surface area contributed by atoms with Gasteiger partial charge in [0.15, 0.2) is 0 Å². The zero-order valence-electron chi connectivity index (χ0n) is 15.6. The molecule has 2 saturated heterocycles. The third-order valence-electron chi connectivity index (χ3n) is 7.12. The fourth-order valence-corrected chi connectivity index (χ4v) is 5.65. The molecule has 4 rings (SSSR count). The molecular formula is C19H33N3O2Zn. The second-order valence-corrected chi connectivity index (χ2v) is 8.58. The van der Waals surface area contributed by atoms with E-state index in [9.17, 15) is 10.2 Å². The van der Waals surface area contributed by atoms with Gasteiger partial charge in [0.1, 0.15) is 0 Å². The zero-order chi connectivity index (χ0) is 16.7. The molecule has 25 heavy (non-hydrogen) atoms. The van der Waals surface area contributed by atoms with Gasteiger partial charge in [0, 0.05) is 12.2 Å². The van der Waals surface area contributed by atoms with Gasteiger partial charge in [-0.2, -0.15) is 0 Å². The quantitative estimate of drug-likeness (QED) is 0.700. The molecule has 0 bridgehead atoms. The van der Waals surface area contributed by atoms with Gasteiger partial charge < -0.3 is 25.7 Å². The summed E-state index contributed by atoms with van der Waals surface area (Å²) in [5.41, 5.74) is 0. The summed E-state index contributed by atoms with van der Waals surface area (Å²) in [4.78, 5) is 2.33. The summed E-state index contributed by atoms with van der Waals surface area (Å²) in [6.07, 6.45) is 11.0. The molecule has 6 heteroatoms. The molecule has 0 radical (unpaired) electrons. The Balaban J connectivity index is 0.00000182. The van der Waals surface area contributed by atoms with Crippen LogP contribution in [0.2, 0.25) is 0 Å². The Morgan fingerprint density at radius 3 is 1.56 bits per heavy atom. The minimum atomic E-state index is -0.243. The second kappa shape index (κ2) is 8.62. The van der Waals surface area contributed by atoms with Crippen LogP contribution in [-0.2, 0) is 19.5 Å². The Labute approximate surface area is 165 Å². The molecule has 8 atom stereocenters. The van der Waals surface area contributed by atoms with Gasteiger partial charge in [-0.1, -0.05) is 75.5 Å². The fourth-order valence-electron chi connectivity index (χ4n) is 5.65. The van der Waals surface area contributed by atoms with Crippen LogP contribution in [0.1, 0.15) is 64.2 Å². The predicted molar refractivity (Wildman–Crippen MR) is 94.8 cm³/mol. The molecule has 2 N–H and O–H groups in total. The van der Waals surface area contributed by atoms with Crippen LogP contribution < -0.4 is 0 Å². The minimum absolute atomic E-state index is 0. The van der Waals surface area contributed by atoms with Crippen molar-refractivity contribution in [2.45, 2.75) is 101 Å². The molecule has 0 aromatic rings. The molecule has 2 aliphatic carbocycles. The van der Waals surface area contributed by atoms with Gasteiger partial charge in [0.25, 0.3) is 0 Å². The standard InChI is InChI=1S/C19H33N3O2.Zn/c1-22(16-10-8-12-4-2-6-14(23)18(12)20-16)17-11-9-13-5-3-7-15(24)19(13)21-17;/h12-19,23-24H,2-11H2,1H3;/q-2;+2. The minimum Gasteiger partial charge on any atom is -0.642 e. The van der Waals surface area contributed by atoms with Crippen molar-refractivity contribution < 1.29 is 29.7 Å². The molecule has 4 aliphatic rings. The number of nitrogens with zero attached hydrogens (tertiary/aromatic N) is 3. The van der Waals surface area contributed by atoms with E-state index in [1.54, 1.807) is 0 Å². The van der Waals surface area contributed by atoms with E-state index in [-0.39, 0.29) is 56.1 Å². The van der Waals surface area contributed by atoms with Crippen LogP contribution >= 0.6 is 0 Å². The van der Waals surface area contributed by atoms with Crippen LogP contribution in [0.25, 0.3) is 10.6 Å². The van der Waals surface area contributed by atoms with Gasteiger partial charge in [-0.05, 0) is 19.9 Å². The maximum Gasteiger partial charge on any atom is 2.00 e. The van der Waals surface area contributed by atoms with Gasteiger partial charge in [0.2, 0.25) is 0 Å². The second-order valence-electron chi connectivity index (χ2n) is 8.58. The molecule has 8 unspecified atom stereocenters. The number of aliphatic hydroxyl groups excluding tert-OH is 2. The van der Waals surface area contributed by atoms with Gasteiger partial charge >= 0.3 is 19.5 Å². The molecule has 0 aromatic heterocycles. The summed E-state index contributed by atoms with van der Waals surface area (Å²) in [6.45, 7) is 0. The molecule has 0 aromatic carbocycles. The van der Waals surface area contributed by atoms with E-state index in [0.717, 1.165) is 38.5 Å². The molecule has 0 amide bonds. The van der Waals surface area contributed by atoms with Crippen LogP contribution in [0.5, 0.6) is 0 Å². The number of fused-ring (bicyclic) bond motifs is 2. The van der Waals surface area contributed by atoms with E-state index in [0.29, 0.717) is 11.8 Å². The van der Waals surface area contributed by atoms with E-state index in [1.165, 1.54) is 25.7 Å². The molecule has 5 nitrogen and oxygen atoms in total. The summed E-state index contributed by atoms with van der Waals surface area (Å²) < 4.78 is 0. The Hall–Kier alpha value is 0.423. The number of rotatable bonds is 2. The van der Waals surface area contributed by atoms with Gasteiger partial charge in [-0.3, -0.25) is 0 Å². The first-order chi connectivity index (χ1) is 11.6. The number of piperidine rings is 2. The van der Waals surface area contributed by atoms with Crippen molar-refractivity contribution in [3.63, 3.8) is 0 Å². The smallest absolute Gasteiger partial charge is 0.642 e. The Bertz CT molecular complexity index is 403. The maximum absolute atomic E-state index is 10.3. The van der Waals surface area contributed by atoms with Gasteiger partial charge in [-0.15, -0.1) is 12.1 Å². The van der Waals surface area contributed by atoms with E-state index in [4.69, 9.17) is 10.6 Å². The molecule has 2 aliphatic heterocycles. The number of hydrogen-bond donors (Lipinski definition) is 2. The average Bonchev–Trinajstić information content (AvgIpc) is 2.61. The summed E-state index contributed by atoms with van der Waals surface area (Å²) in [7, 11) is 2.15. The van der Waals surface area contributed by atoms with E-state index >= 15 is 0 Å². The summed E-state index contributed by atoms with van der Waals surface area (Å²) in [5, 5.41) is 30.7. The van der Waals surface area contributed by atoms with Crippen molar-refractivity contribution in [3.05, 3.63) is 10.6 Å². The maximum atomic E-state index is 10.3. The number of aliphatic hydroxyl groups is 2. The molecule has 4 fully saturated rings. The van der Waals surface area contributed by atoms with E-state index in [1.807, 2.05) is 0 Å². The van der Waals surface area contributed by atoms with Crippen molar-refractivity contribution in [1.29, 1.82) is 0 Å². The molecule has 138 valence electrons. The third kappa shape index (κ3) is 4.15. The largest absolute Gasteiger partial charge is 2.00 e. The molecule has 2 heterocycles. The first kappa shape index (κ1) is 20.2. The zero-order valence-corrected chi connectivity index (χ0v) is 18.6. The molecule has 0 spiro atoms. The van der Waals surface area contributed by atoms with Crippen LogP contribution in [0.15, 0.2) is 0 Å². The Morgan fingerprint density at radius 2 is 1.12 bits per heavy atom. The van der Waals surface area contributed by atoms with Crippen molar-refractivity contribution >= 4 is 0 Å². The summed E-state index contributed by atoms with van der Waals surface area (Å²) >= 11 is 0. The Kier molecular flexibility index (Phi) is 6.95. The van der Waals surface area contributed by atoms with Crippen molar-refractivity contribution in [3.8, 4) is 0 Å². The SMILES string of the molecule is CN(C1CCC2CCCC(O)C2[N-]1)C1CCC2CCCC(O)C2[N-]1.[Zn+2]. The van der Waals surface area contributed by atoms with Gasteiger partial charge in [0.05, 0.1) is 0 Å². The predicted octanol–water partition coefficient (Wildman–Crippen LogP) is 2.96. The normalized spacial score (nSPS) is 47.5. The monoisotopic (exact) mass is 399 g/mol. The first-order valence-corrected chi connectivity index (χ1v) is 10.1. The molecule has 2 saturated carbocycles. The Morgan fingerprint density at radius 1 is 0.680 bits per heavy atom. The van der Waals surface area contributed by atoms with Crippen LogP contribution in [0.3, 0.4) is 0 Å². The fraction of sp³-hybridized carbons (Fsp3) is 1.00. The molecular weight excluding hydrogens is 368 g/mol. The topological polar surface area (TPSA) is 71.9 Å². The summed E-state index contributed by atoms with van der Waals surface area (Å²) in [5.74, 6) is 1.18. The van der Waals surface area contributed by atoms with E-state index < -0.39 is 0 Å². The van der Waals surface area contributed by atoms with E-state index in [2.05, 4.69) is 11.9 Å². The van der Waals surface area contributed by atoms with Crippen LogP contribution in [0, 0.1) is 11.8 Å². The first-order valence-electron chi connectivity index (χ1n) is 10.1. The van der Waals surface area contributed by atoms with Crippen molar-refractivity contribution in [2.75, 3.05) is 7.05 Å². The average molecular weight is 401 g/mol. The van der Waals surface area contributed by atoms with Crippen molar-refractivity contribution in [1.82, 2.24) is 4.90 Å². The van der Waals surface area contributed by atoms with Crippen LogP contribution in [0.4, 0.5) is 0 Å². The third-order valence-corrected chi connectivity index (χ3v) is 7.12. The van der Waals surface area contributed by atoms with Crippen LogP contribution in [-0.4, -0.2) is 58.8 Å².